The lowest BCUT2D eigenvalue weighted by atomic mass is 9.97. The highest BCUT2D eigenvalue weighted by Gasteiger charge is 2.35. The van der Waals surface area contributed by atoms with E-state index in [1.165, 1.54) is 13.1 Å². The number of phenols is 1. The van der Waals surface area contributed by atoms with Gasteiger partial charge in [0.1, 0.15) is 18.1 Å². The van der Waals surface area contributed by atoms with Gasteiger partial charge in [0.15, 0.2) is 5.69 Å². The Balaban J connectivity index is 1.81. The van der Waals surface area contributed by atoms with Crippen molar-refractivity contribution in [3.8, 4) is 40.0 Å². The summed E-state index contributed by atoms with van der Waals surface area (Å²) >= 11 is 5.92. The number of alkyl halides is 3. The number of phenolic OH excluding ortho intramolecular Hbond substituents is 1. The molecule has 1 aromatic heterocycles. The van der Waals surface area contributed by atoms with Crippen LogP contribution in [0.1, 0.15) is 16.8 Å². The molecule has 0 spiro atoms. The quantitative estimate of drug-likeness (QED) is 0.348. The predicted molar refractivity (Wildman–Crippen MR) is 121 cm³/mol. The summed E-state index contributed by atoms with van der Waals surface area (Å²) in [6, 6.07) is 19.4. The molecule has 4 aromatic rings. The van der Waals surface area contributed by atoms with Crippen LogP contribution in [0.2, 0.25) is 5.02 Å². The molecular weight excluding hydrogens is 467 g/mol. The minimum Gasteiger partial charge on any atom is -0.506 e. The lowest BCUT2D eigenvalue weighted by Gasteiger charge is -2.16. The lowest BCUT2D eigenvalue weighted by Crippen LogP contribution is -2.06. The Morgan fingerprint density at radius 1 is 1.06 bits per heavy atom. The van der Waals surface area contributed by atoms with Crippen molar-refractivity contribution in [2.45, 2.75) is 12.8 Å². The van der Waals surface area contributed by atoms with Gasteiger partial charge >= 0.3 is 6.18 Å². The highest BCUT2D eigenvalue weighted by molar-refractivity contribution is 6.30. The Hall–Kier alpha value is -3.96. The number of aromatic hydroxyl groups is 1. The van der Waals surface area contributed by atoms with Crippen molar-refractivity contribution in [2.24, 2.45) is 7.05 Å². The molecular formula is C25H17ClF3N3O2. The van der Waals surface area contributed by atoms with Crippen molar-refractivity contribution >= 4 is 11.6 Å². The first-order valence-electron chi connectivity index (χ1n) is 10.0. The molecule has 0 unspecified atom stereocenters. The van der Waals surface area contributed by atoms with Gasteiger partial charge in [0, 0.05) is 17.6 Å². The average molecular weight is 484 g/mol. The van der Waals surface area contributed by atoms with Gasteiger partial charge < -0.3 is 9.84 Å². The first-order valence-corrected chi connectivity index (χ1v) is 10.4. The van der Waals surface area contributed by atoms with Gasteiger partial charge in [0.25, 0.3) is 0 Å². The van der Waals surface area contributed by atoms with Gasteiger partial charge in [-0.25, -0.2) is 0 Å². The summed E-state index contributed by atoms with van der Waals surface area (Å²) < 4.78 is 46.5. The molecule has 0 fully saturated rings. The highest BCUT2D eigenvalue weighted by Crippen LogP contribution is 2.45. The minimum absolute atomic E-state index is 0.0870. The minimum atomic E-state index is -4.62. The molecule has 5 nitrogen and oxygen atoms in total. The van der Waals surface area contributed by atoms with Crippen LogP contribution >= 0.6 is 11.6 Å². The summed E-state index contributed by atoms with van der Waals surface area (Å²) in [4.78, 5) is 0. The summed E-state index contributed by atoms with van der Waals surface area (Å²) in [5.41, 5.74) is 1.25. The van der Waals surface area contributed by atoms with Crippen molar-refractivity contribution in [3.05, 3.63) is 88.6 Å². The van der Waals surface area contributed by atoms with Crippen LogP contribution in [0, 0.1) is 11.3 Å². The van der Waals surface area contributed by atoms with E-state index in [2.05, 4.69) is 5.10 Å². The smallest absolute Gasteiger partial charge is 0.435 e. The van der Waals surface area contributed by atoms with Crippen LogP contribution in [-0.2, 0) is 19.8 Å². The largest absolute Gasteiger partial charge is 0.506 e. The monoisotopic (exact) mass is 483 g/mol. The third-order valence-corrected chi connectivity index (χ3v) is 5.45. The van der Waals surface area contributed by atoms with Crippen LogP contribution in [0.25, 0.3) is 22.4 Å². The maximum Gasteiger partial charge on any atom is 0.435 e. The molecule has 3 aromatic carbocycles. The number of rotatable bonds is 5. The Kier molecular flexibility index (Phi) is 6.22. The maximum atomic E-state index is 13.2. The summed E-state index contributed by atoms with van der Waals surface area (Å²) in [5, 5.41) is 24.4. The SMILES string of the molecule is Cn1nc(C(F)(F)F)cc1-c1ccc(OCc2ccc(Cl)cc2)c(-c2ccc(C#N)cc2)c1O. The van der Waals surface area contributed by atoms with Crippen molar-refractivity contribution in [2.75, 3.05) is 0 Å². The standard InChI is InChI=1S/C25H17ClF3N3O2/c1-32-20(12-22(31-32)25(27,28)29)19-10-11-21(34-14-16-4-8-18(26)9-5-16)23(24(19)33)17-6-2-15(13-30)3-7-17/h2-12,33H,14H2,1H3. The van der Waals surface area contributed by atoms with Gasteiger partial charge in [-0.1, -0.05) is 35.9 Å². The zero-order chi connectivity index (χ0) is 24.5. The second-order valence-electron chi connectivity index (χ2n) is 7.48. The van der Waals surface area contributed by atoms with E-state index >= 15 is 0 Å². The molecule has 1 N–H and O–H groups in total. The van der Waals surface area contributed by atoms with Crippen LogP contribution in [0.4, 0.5) is 13.2 Å². The molecule has 0 aliphatic heterocycles. The first kappa shape index (κ1) is 23.2. The van der Waals surface area contributed by atoms with Gasteiger partial charge in [-0.05, 0) is 53.6 Å². The van der Waals surface area contributed by atoms with Crippen LogP contribution in [-0.4, -0.2) is 14.9 Å². The normalized spacial score (nSPS) is 11.3. The fourth-order valence-electron chi connectivity index (χ4n) is 3.49. The zero-order valence-electron chi connectivity index (χ0n) is 17.8. The van der Waals surface area contributed by atoms with E-state index in [1.54, 1.807) is 54.6 Å². The van der Waals surface area contributed by atoms with Crippen LogP contribution < -0.4 is 4.74 Å². The molecule has 0 saturated heterocycles. The second-order valence-corrected chi connectivity index (χ2v) is 7.91. The van der Waals surface area contributed by atoms with Crippen LogP contribution in [0.5, 0.6) is 11.5 Å². The molecule has 0 radical (unpaired) electrons. The van der Waals surface area contributed by atoms with Gasteiger partial charge in [-0.15, -0.1) is 0 Å². The number of aryl methyl sites for hydroxylation is 1. The lowest BCUT2D eigenvalue weighted by molar-refractivity contribution is -0.141. The molecule has 172 valence electrons. The fraction of sp³-hybridized carbons (Fsp3) is 0.120. The molecule has 0 saturated carbocycles. The van der Waals surface area contributed by atoms with Crippen molar-refractivity contribution in [1.29, 1.82) is 5.26 Å². The average Bonchev–Trinajstić information content (AvgIpc) is 3.21. The molecule has 1 heterocycles. The Bertz CT molecular complexity index is 1370. The number of aromatic nitrogens is 2. The Labute approximate surface area is 198 Å². The highest BCUT2D eigenvalue weighted by atomic mass is 35.5. The van der Waals surface area contributed by atoms with E-state index in [4.69, 9.17) is 21.6 Å². The number of halogens is 4. The molecule has 4 rings (SSSR count). The summed E-state index contributed by atoms with van der Waals surface area (Å²) in [7, 11) is 1.37. The third kappa shape index (κ3) is 4.70. The van der Waals surface area contributed by atoms with Crippen LogP contribution in [0.15, 0.2) is 66.7 Å². The number of hydrogen-bond acceptors (Lipinski definition) is 4. The maximum absolute atomic E-state index is 13.2. The predicted octanol–water partition coefficient (Wildman–Crippen LogP) is 6.58. The third-order valence-electron chi connectivity index (χ3n) is 5.20. The summed E-state index contributed by atoms with van der Waals surface area (Å²) in [6.07, 6.45) is -4.62. The summed E-state index contributed by atoms with van der Waals surface area (Å²) in [5.74, 6) is 0.0501. The van der Waals surface area contributed by atoms with E-state index in [1.807, 2.05) is 6.07 Å². The topological polar surface area (TPSA) is 71.1 Å². The van der Waals surface area contributed by atoms with E-state index in [0.29, 0.717) is 21.9 Å². The number of benzene rings is 3. The molecule has 0 amide bonds. The van der Waals surface area contributed by atoms with Gasteiger partial charge in [0.2, 0.25) is 0 Å². The first-order chi connectivity index (χ1) is 16.2. The molecule has 0 atom stereocenters. The van der Waals surface area contributed by atoms with Crippen molar-refractivity contribution < 1.29 is 23.0 Å². The number of nitrogens with zero attached hydrogens (tertiary/aromatic N) is 3. The van der Waals surface area contributed by atoms with Gasteiger partial charge in [-0.2, -0.15) is 23.5 Å². The van der Waals surface area contributed by atoms with E-state index in [9.17, 15) is 18.3 Å². The Morgan fingerprint density at radius 3 is 2.32 bits per heavy atom. The number of ether oxygens (including phenoxy) is 1. The molecule has 0 aliphatic carbocycles. The van der Waals surface area contributed by atoms with Gasteiger partial charge in [0.05, 0.1) is 22.9 Å². The van der Waals surface area contributed by atoms with Crippen LogP contribution in [0.3, 0.4) is 0 Å². The summed E-state index contributed by atoms with van der Waals surface area (Å²) in [6.45, 7) is 0.170. The molecule has 0 bridgehead atoms. The van der Waals surface area contributed by atoms with E-state index in [-0.39, 0.29) is 29.2 Å². The van der Waals surface area contributed by atoms with Crippen molar-refractivity contribution in [3.63, 3.8) is 0 Å². The fourth-order valence-corrected chi connectivity index (χ4v) is 3.62. The molecule has 34 heavy (non-hydrogen) atoms. The zero-order valence-corrected chi connectivity index (χ0v) is 18.5. The number of nitriles is 1. The molecule has 0 aliphatic rings. The Morgan fingerprint density at radius 2 is 1.74 bits per heavy atom. The van der Waals surface area contributed by atoms with E-state index in [0.717, 1.165) is 16.3 Å². The van der Waals surface area contributed by atoms with Crippen molar-refractivity contribution in [1.82, 2.24) is 9.78 Å². The van der Waals surface area contributed by atoms with Gasteiger partial charge in [-0.3, -0.25) is 4.68 Å². The van der Waals surface area contributed by atoms with E-state index < -0.39 is 11.9 Å². The molecule has 9 heteroatoms. The second kappa shape index (κ2) is 9.12. The number of hydrogen-bond donors (Lipinski definition) is 1.